The first-order chi connectivity index (χ1) is 10.9. The molecule has 1 aliphatic carbocycles. The van der Waals surface area contributed by atoms with Crippen molar-refractivity contribution >= 4 is 23.5 Å². The maximum Gasteiger partial charge on any atom is 0.330 e. The van der Waals surface area contributed by atoms with Crippen LogP contribution in [0, 0.1) is 17.2 Å². The summed E-state index contributed by atoms with van der Waals surface area (Å²) < 4.78 is 18.9. The van der Waals surface area contributed by atoms with Crippen molar-refractivity contribution in [1.82, 2.24) is 5.32 Å². The van der Waals surface area contributed by atoms with E-state index in [-0.39, 0.29) is 27.8 Å². The van der Waals surface area contributed by atoms with Crippen molar-refractivity contribution in [3.63, 3.8) is 0 Å². The fourth-order valence-electron chi connectivity index (χ4n) is 3.27. The quantitative estimate of drug-likeness (QED) is 0.882. The molecule has 1 aromatic carbocycles. The predicted octanol–water partition coefficient (Wildman–Crippen LogP) is 2.54. The molecule has 23 heavy (non-hydrogen) atoms. The summed E-state index contributed by atoms with van der Waals surface area (Å²) >= 11 is 5.61. The van der Waals surface area contributed by atoms with Crippen LogP contribution in [0.1, 0.15) is 30.9 Å². The van der Waals surface area contributed by atoms with E-state index in [1.54, 1.807) is 0 Å². The van der Waals surface area contributed by atoms with Crippen LogP contribution in [-0.2, 0) is 14.3 Å². The third kappa shape index (κ3) is 3.19. The summed E-state index contributed by atoms with van der Waals surface area (Å²) in [4.78, 5) is 23.8. The van der Waals surface area contributed by atoms with E-state index in [1.165, 1.54) is 12.1 Å². The predicted molar refractivity (Wildman–Crippen MR) is 80.5 cm³/mol. The molecule has 2 aliphatic rings. The summed E-state index contributed by atoms with van der Waals surface area (Å²) in [5, 5.41) is 11.8. The van der Waals surface area contributed by atoms with Crippen LogP contribution in [0.3, 0.4) is 0 Å². The number of hydrogen-bond donors (Lipinski definition) is 2. The number of nitrogens with one attached hydrogen (secondary N) is 1. The van der Waals surface area contributed by atoms with Gasteiger partial charge in [0.15, 0.2) is 6.04 Å². The molecule has 1 aliphatic heterocycles. The Kier molecular flexibility index (Phi) is 4.29. The summed E-state index contributed by atoms with van der Waals surface area (Å²) in [6.07, 6.45) is 2.39. The number of amides is 1. The maximum atomic E-state index is 13.5. The molecule has 7 heteroatoms. The summed E-state index contributed by atoms with van der Waals surface area (Å²) in [6.45, 7) is 1.27. The standard InChI is InChI=1S/C16H17ClFNO4/c17-11-2-1-9(7-12(11)18)13(15(21)22)19-14(20)10-8-16(10)3-5-23-6-4-16/h1-2,7,10,13H,3-6,8H2,(H,19,20)(H,21,22). The van der Waals surface area contributed by atoms with Crippen molar-refractivity contribution in [1.29, 1.82) is 0 Å². The van der Waals surface area contributed by atoms with Crippen molar-refractivity contribution < 1.29 is 23.8 Å². The van der Waals surface area contributed by atoms with E-state index in [1.807, 2.05) is 0 Å². The highest BCUT2D eigenvalue weighted by Crippen LogP contribution is 2.59. The van der Waals surface area contributed by atoms with Gasteiger partial charge in [-0.05, 0) is 42.4 Å². The van der Waals surface area contributed by atoms with Crippen LogP contribution in [0.2, 0.25) is 5.02 Å². The number of carbonyl (C=O) groups excluding carboxylic acids is 1. The lowest BCUT2D eigenvalue weighted by Gasteiger charge is -2.23. The SMILES string of the molecule is O=C(O)C(NC(=O)C1CC12CCOCC2)c1ccc(Cl)c(F)c1. The van der Waals surface area contributed by atoms with Gasteiger partial charge >= 0.3 is 5.97 Å². The molecule has 2 unspecified atom stereocenters. The van der Waals surface area contributed by atoms with Crippen molar-refractivity contribution in [3.8, 4) is 0 Å². The topological polar surface area (TPSA) is 75.6 Å². The van der Waals surface area contributed by atoms with Crippen LogP contribution >= 0.6 is 11.6 Å². The zero-order valence-corrected chi connectivity index (χ0v) is 13.1. The molecule has 1 saturated heterocycles. The average Bonchev–Trinajstić information content (AvgIpc) is 3.21. The largest absolute Gasteiger partial charge is 0.479 e. The number of hydrogen-bond acceptors (Lipinski definition) is 3. The third-order valence-corrected chi connectivity index (χ3v) is 5.11. The summed E-state index contributed by atoms with van der Waals surface area (Å²) in [5.41, 5.74) is 0.116. The van der Waals surface area contributed by atoms with Gasteiger partial charge in [-0.3, -0.25) is 4.79 Å². The normalized spacial score (nSPS) is 23.3. The number of benzene rings is 1. The van der Waals surface area contributed by atoms with Crippen LogP contribution in [0.15, 0.2) is 18.2 Å². The fourth-order valence-corrected chi connectivity index (χ4v) is 3.39. The first-order valence-electron chi connectivity index (χ1n) is 7.49. The highest BCUT2D eigenvalue weighted by atomic mass is 35.5. The Morgan fingerprint density at radius 1 is 1.39 bits per heavy atom. The molecule has 1 heterocycles. The van der Waals surface area contributed by atoms with Crippen molar-refractivity contribution in [2.45, 2.75) is 25.3 Å². The lowest BCUT2D eigenvalue weighted by atomic mass is 9.93. The van der Waals surface area contributed by atoms with Gasteiger partial charge in [-0.2, -0.15) is 0 Å². The van der Waals surface area contributed by atoms with Crippen LogP contribution in [0.5, 0.6) is 0 Å². The molecule has 1 spiro atoms. The van der Waals surface area contributed by atoms with Crippen molar-refractivity contribution in [2.24, 2.45) is 11.3 Å². The van der Waals surface area contributed by atoms with Gasteiger partial charge in [0.1, 0.15) is 5.82 Å². The molecule has 2 N–H and O–H groups in total. The molecule has 1 saturated carbocycles. The van der Waals surface area contributed by atoms with Crippen LogP contribution in [0.25, 0.3) is 0 Å². The van der Waals surface area contributed by atoms with Gasteiger partial charge in [-0.15, -0.1) is 0 Å². The number of carbonyl (C=O) groups is 2. The number of aliphatic carboxylic acids is 1. The molecular weight excluding hydrogens is 325 g/mol. The fraction of sp³-hybridized carbons (Fsp3) is 0.500. The molecule has 2 fully saturated rings. The second-order valence-corrected chi connectivity index (χ2v) is 6.59. The molecule has 3 rings (SSSR count). The Balaban J connectivity index is 1.71. The van der Waals surface area contributed by atoms with Crippen molar-refractivity contribution in [2.75, 3.05) is 13.2 Å². The lowest BCUT2D eigenvalue weighted by Crippen LogP contribution is -2.36. The number of ether oxygens (including phenoxy) is 1. The van der Waals surface area contributed by atoms with Gasteiger partial charge in [0.05, 0.1) is 5.02 Å². The van der Waals surface area contributed by atoms with Gasteiger partial charge in [0, 0.05) is 19.1 Å². The summed E-state index contributed by atoms with van der Waals surface area (Å²) in [5.74, 6) is -2.43. The Morgan fingerprint density at radius 2 is 2.09 bits per heavy atom. The molecule has 1 aromatic rings. The van der Waals surface area contributed by atoms with E-state index in [9.17, 15) is 19.1 Å². The highest BCUT2D eigenvalue weighted by molar-refractivity contribution is 6.30. The molecule has 0 radical (unpaired) electrons. The van der Waals surface area contributed by atoms with E-state index in [0.29, 0.717) is 13.2 Å². The monoisotopic (exact) mass is 341 g/mol. The molecule has 5 nitrogen and oxygen atoms in total. The van der Waals surface area contributed by atoms with Crippen molar-refractivity contribution in [3.05, 3.63) is 34.6 Å². The summed E-state index contributed by atoms with van der Waals surface area (Å²) in [6, 6.07) is 2.44. The Hall–Kier alpha value is -1.66. The molecule has 0 bridgehead atoms. The Morgan fingerprint density at radius 3 is 2.70 bits per heavy atom. The van der Waals surface area contributed by atoms with Gasteiger partial charge in [0.25, 0.3) is 0 Å². The highest BCUT2D eigenvalue weighted by Gasteiger charge is 2.58. The Bertz CT molecular complexity index is 645. The zero-order valence-electron chi connectivity index (χ0n) is 12.4. The first kappa shape index (κ1) is 16.2. The van der Waals surface area contributed by atoms with E-state index in [2.05, 4.69) is 5.32 Å². The Labute approximate surface area is 137 Å². The van der Waals surface area contributed by atoms with E-state index in [0.717, 1.165) is 25.3 Å². The van der Waals surface area contributed by atoms with Gasteiger partial charge < -0.3 is 15.2 Å². The third-order valence-electron chi connectivity index (χ3n) is 4.81. The number of carboxylic acids is 1. The number of rotatable bonds is 4. The van der Waals surface area contributed by atoms with Gasteiger partial charge in [-0.1, -0.05) is 17.7 Å². The maximum absolute atomic E-state index is 13.5. The smallest absolute Gasteiger partial charge is 0.330 e. The lowest BCUT2D eigenvalue weighted by molar-refractivity contribution is -0.142. The number of carboxylic acid groups (broad SMARTS) is 1. The van der Waals surface area contributed by atoms with E-state index >= 15 is 0 Å². The minimum atomic E-state index is -1.29. The van der Waals surface area contributed by atoms with Crippen LogP contribution < -0.4 is 5.32 Å². The zero-order chi connectivity index (χ0) is 16.6. The average molecular weight is 342 g/mol. The van der Waals surface area contributed by atoms with Gasteiger partial charge in [-0.25, -0.2) is 9.18 Å². The molecule has 1 amide bonds. The first-order valence-corrected chi connectivity index (χ1v) is 7.87. The second-order valence-electron chi connectivity index (χ2n) is 6.18. The van der Waals surface area contributed by atoms with Crippen LogP contribution in [-0.4, -0.2) is 30.2 Å². The minimum absolute atomic E-state index is 0.0450. The van der Waals surface area contributed by atoms with E-state index in [4.69, 9.17) is 16.3 Å². The second kappa shape index (κ2) is 6.09. The van der Waals surface area contributed by atoms with Gasteiger partial charge in [0.2, 0.25) is 5.91 Å². The summed E-state index contributed by atoms with van der Waals surface area (Å²) in [7, 11) is 0. The molecule has 0 aromatic heterocycles. The molecule has 2 atom stereocenters. The number of halogens is 2. The molecule has 124 valence electrons. The van der Waals surface area contributed by atoms with Crippen LogP contribution in [0.4, 0.5) is 4.39 Å². The van der Waals surface area contributed by atoms with E-state index < -0.39 is 17.8 Å². The molecular formula is C16H17ClFNO4. The minimum Gasteiger partial charge on any atom is -0.479 e.